The van der Waals surface area contributed by atoms with Gasteiger partial charge in [-0.1, -0.05) is 38.5 Å². The Morgan fingerprint density at radius 2 is 1.32 bits per heavy atom. The van der Waals surface area contributed by atoms with Crippen molar-refractivity contribution < 1.29 is 19.1 Å². The van der Waals surface area contributed by atoms with Crippen LogP contribution in [-0.2, 0) is 14.3 Å². The zero-order chi connectivity index (χ0) is 14.3. The van der Waals surface area contributed by atoms with Crippen molar-refractivity contribution in [2.45, 2.75) is 57.8 Å². The Morgan fingerprint density at radius 3 is 1.84 bits per heavy atom. The van der Waals surface area contributed by atoms with Crippen LogP contribution in [0.5, 0.6) is 0 Å². The second-order valence-corrected chi connectivity index (χ2v) is 4.57. The van der Waals surface area contributed by atoms with Gasteiger partial charge in [-0.15, -0.1) is 0 Å². The summed E-state index contributed by atoms with van der Waals surface area (Å²) in [6.07, 6.45) is 9.14. The number of esters is 1. The minimum Gasteiger partial charge on any atom is -0.469 e. The van der Waals surface area contributed by atoms with Crippen LogP contribution in [0.25, 0.3) is 0 Å². The van der Waals surface area contributed by atoms with Crippen LogP contribution in [0.3, 0.4) is 0 Å². The van der Waals surface area contributed by atoms with Gasteiger partial charge in [0.2, 0.25) is 0 Å². The first-order valence-corrected chi connectivity index (χ1v) is 7.09. The van der Waals surface area contributed by atoms with E-state index in [0.29, 0.717) is 13.0 Å². The molecule has 0 heterocycles. The zero-order valence-electron chi connectivity index (χ0n) is 12.2. The third kappa shape index (κ3) is 13.0. The smallest absolute Gasteiger partial charge is 0.406 e. The van der Waals surface area contributed by atoms with Gasteiger partial charge in [0.1, 0.15) is 0 Å². The van der Waals surface area contributed by atoms with Gasteiger partial charge in [-0.25, -0.2) is 4.79 Å². The topological polar surface area (TPSA) is 64.6 Å². The third-order valence-corrected chi connectivity index (χ3v) is 2.99. The molecule has 19 heavy (non-hydrogen) atoms. The number of ether oxygens (including phenoxy) is 2. The second-order valence-electron chi connectivity index (χ2n) is 4.57. The summed E-state index contributed by atoms with van der Waals surface area (Å²) in [5.74, 6) is -0.113. The highest BCUT2D eigenvalue weighted by atomic mass is 16.5. The molecule has 0 rings (SSSR count). The predicted octanol–water partition coefficient (Wildman–Crippen LogP) is 3.03. The molecule has 0 saturated heterocycles. The van der Waals surface area contributed by atoms with Crippen LogP contribution in [0.4, 0.5) is 4.79 Å². The van der Waals surface area contributed by atoms with Gasteiger partial charge in [-0.2, -0.15) is 0 Å². The number of alkyl carbamates (subject to hydrolysis) is 1. The summed E-state index contributed by atoms with van der Waals surface area (Å²) in [6.45, 7) is 0.686. The van der Waals surface area contributed by atoms with Crippen LogP contribution in [0.2, 0.25) is 0 Å². The molecule has 0 unspecified atom stereocenters. The summed E-state index contributed by atoms with van der Waals surface area (Å²) in [5.41, 5.74) is 0. The Kier molecular flexibility index (Phi) is 12.3. The Morgan fingerprint density at radius 1 is 0.789 bits per heavy atom. The molecule has 5 nitrogen and oxygen atoms in total. The Hall–Kier alpha value is -1.26. The van der Waals surface area contributed by atoms with Gasteiger partial charge in [0.25, 0.3) is 0 Å². The first kappa shape index (κ1) is 17.7. The predicted molar refractivity (Wildman–Crippen MR) is 74.0 cm³/mol. The highest BCUT2D eigenvalue weighted by Crippen LogP contribution is 2.09. The quantitative estimate of drug-likeness (QED) is 0.464. The molecule has 1 amide bonds. The lowest BCUT2D eigenvalue weighted by molar-refractivity contribution is -0.140. The molecule has 0 aromatic rings. The molecule has 1 N–H and O–H groups in total. The van der Waals surface area contributed by atoms with Crippen molar-refractivity contribution in [2.75, 3.05) is 20.8 Å². The molecule has 112 valence electrons. The van der Waals surface area contributed by atoms with Gasteiger partial charge < -0.3 is 14.8 Å². The molecule has 0 saturated carbocycles. The third-order valence-electron chi connectivity index (χ3n) is 2.99. The van der Waals surface area contributed by atoms with Gasteiger partial charge in [0.15, 0.2) is 0 Å². The average Bonchev–Trinajstić information content (AvgIpc) is 2.43. The first-order valence-electron chi connectivity index (χ1n) is 7.09. The summed E-state index contributed by atoms with van der Waals surface area (Å²) in [6, 6.07) is 0. The Labute approximate surface area is 116 Å². The summed E-state index contributed by atoms with van der Waals surface area (Å²) in [7, 11) is 2.80. The van der Waals surface area contributed by atoms with Crippen molar-refractivity contribution in [3.63, 3.8) is 0 Å². The molecular formula is C14H27NO4. The molecule has 0 fully saturated rings. The van der Waals surface area contributed by atoms with Crippen molar-refractivity contribution in [1.82, 2.24) is 5.32 Å². The molecule has 0 aromatic carbocycles. The zero-order valence-corrected chi connectivity index (χ0v) is 12.2. The number of carbonyl (C=O) groups is 2. The lowest BCUT2D eigenvalue weighted by Crippen LogP contribution is -2.23. The van der Waals surface area contributed by atoms with Gasteiger partial charge in [0, 0.05) is 13.0 Å². The van der Waals surface area contributed by atoms with E-state index >= 15 is 0 Å². The summed E-state index contributed by atoms with van der Waals surface area (Å²) in [4.78, 5) is 21.6. The molecule has 0 bridgehead atoms. The maximum atomic E-state index is 10.9. The van der Waals surface area contributed by atoms with Crippen molar-refractivity contribution in [3.05, 3.63) is 0 Å². The number of rotatable bonds is 11. The van der Waals surface area contributed by atoms with Crippen molar-refractivity contribution in [1.29, 1.82) is 0 Å². The fourth-order valence-electron chi connectivity index (χ4n) is 1.82. The van der Waals surface area contributed by atoms with E-state index in [1.54, 1.807) is 0 Å². The second kappa shape index (κ2) is 13.2. The first-order chi connectivity index (χ1) is 9.20. The number of hydrogen-bond acceptors (Lipinski definition) is 4. The van der Waals surface area contributed by atoms with Crippen molar-refractivity contribution in [3.8, 4) is 0 Å². The monoisotopic (exact) mass is 273 g/mol. The molecule has 0 aliphatic rings. The fourth-order valence-corrected chi connectivity index (χ4v) is 1.82. The lowest BCUT2D eigenvalue weighted by Gasteiger charge is -2.04. The number of hydrogen-bond donors (Lipinski definition) is 1. The molecular weight excluding hydrogens is 246 g/mol. The number of carbonyl (C=O) groups excluding carboxylic acids is 2. The van der Waals surface area contributed by atoms with Crippen LogP contribution in [0.15, 0.2) is 0 Å². The van der Waals surface area contributed by atoms with Crippen LogP contribution < -0.4 is 5.32 Å². The van der Waals surface area contributed by atoms with Crippen LogP contribution in [0.1, 0.15) is 57.8 Å². The molecule has 0 atom stereocenters. The number of amides is 1. The normalized spacial score (nSPS) is 10.0. The Bertz CT molecular complexity index is 220. The van der Waals surface area contributed by atoms with Gasteiger partial charge in [-0.05, 0) is 12.8 Å². The number of methoxy groups -OCH3 is 2. The van der Waals surface area contributed by atoms with E-state index < -0.39 is 0 Å². The molecule has 0 aliphatic carbocycles. The van der Waals surface area contributed by atoms with E-state index in [-0.39, 0.29) is 12.1 Å². The van der Waals surface area contributed by atoms with E-state index in [4.69, 9.17) is 0 Å². The van der Waals surface area contributed by atoms with Crippen LogP contribution in [0, 0.1) is 0 Å². The number of nitrogens with one attached hydrogen (secondary N) is 1. The van der Waals surface area contributed by atoms with Crippen LogP contribution in [-0.4, -0.2) is 32.8 Å². The van der Waals surface area contributed by atoms with E-state index in [0.717, 1.165) is 25.7 Å². The maximum Gasteiger partial charge on any atom is 0.406 e. The largest absolute Gasteiger partial charge is 0.469 e. The highest BCUT2D eigenvalue weighted by molar-refractivity contribution is 5.69. The van der Waals surface area contributed by atoms with Crippen molar-refractivity contribution >= 4 is 12.1 Å². The molecule has 0 aliphatic heterocycles. The highest BCUT2D eigenvalue weighted by Gasteiger charge is 1.99. The van der Waals surface area contributed by atoms with Gasteiger partial charge >= 0.3 is 12.1 Å². The van der Waals surface area contributed by atoms with E-state index in [1.165, 1.54) is 39.9 Å². The van der Waals surface area contributed by atoms with Crippen LogP contribution >= 0.6 is 0 Å². The van der Waals surface area contributed by atoms with Gasteiger partial charge in [0.05, 0.1) is 14.2 Å². The lowest BCUT2D eigenvalue weighted by atomic mass is 10.1. The number of unbranched alkanes of at least 4 members (excludes halogenated alkanes) is 7. The SMILES string of the molecule is COC(=O)CCCCCCCCCCNC(=O)OC. The minimum absolute atomic E-state index is 0.113. The molecule has 0 spiro atoms. The average molecular weight is 273 g/mol. The molecule has 5 heteroatoms. The molecule has 0 aromatic heterocycles. The Balaban J connectivity index is 3.07. The summed E-state index contributed by atoms with van der Waals surface area (Å²) < 4.78 is 9.05. The minimum atomic E-state index is -0.356. The van der Waals surface area contributed by atoms with E-state index in [1.807, 2.05) is 0 Å². The standard InChI is InChI=1S/C14H27NO4/c1-18-13(16)11-9-7-5-3-4-6-8-10-12-15-14(17)19-2/h3-12H2,1-2H3,(H,15,17). The van der Waals surface area contributed by atoms with E-state index in [2.05, 4.69) is 14.8 Å². The van der Waals surface area contributed by atoms with Crippen molar-refractivity contribution in [2.24, 2.45) is 0 Å². The summed E-state index contributed by atoms with van der Waals surface area (Å²) in [5, 5.41) is 2.66. The summed E-state index contributed by atoms with van der Waals surface area (Å²) >= 11 is 0. The van der Waals surface area contributed by atoms with Gasteiger partial charge in [-0.3, -0.25) is 4.79 Å². The fraction of sp³-hybridized carbons (Fsp3) is 0.857. The maximum absolute atomic E-state index is 10.9. The molecule has 0 radical (unpaired) electrons. The van der Waals surface area contributed by atoms with E-state index in [9.17, 15) is 9.59 Å².